The Balaban J connectivity index is 1.43. The van der Waals surface area contributed by atoms with Crippen LogP contribution in [0.15, 0.2) is 66.7 Å². The molecule has 0 unspecified atom stereocenters. The number of pyridine rings is 1. The van der Waals surface area contributed by atoms with Crippen LogP contribution in [0.5, 0.6) is 5.75 Å². The third-order valence-electron chi connectivity index (χ3n) is 5.71. The van der Waals surface area contributed by atoms with Gasteiger partial charge in [0.1, 0.15) is 12.4 Å². The number of carbonyl (C=O) groups is 2. The van der Waals surface area contributed by atoms with Crippen LogP contribution in [0.4, 0.5) is 0 Å². The van der Waals surface area contributed by atoms with Crippen LogP contribution in [0.25, 0.3) is 6.08 Å². The van der Waals surface area contributed by atoms with E-state index >= 15 is 0 Å². The first-order chi connectivity index (χ1) is 16.5. The molecule has 6 nitrogen and oxygen atoms in total. The van der Waals surface area contributed by atoms with Crippen molar-refractivity contribution in [3.8, 4) is 5.75 Å². The van der Waals surface area contributed by atoms with Crippen LogP contribution < -0.4 is 10.1 Å². The topological polar surface area (TPSA) is 71.5 Å². The average molecular weight is 474 g/mol. The van der Waals surface area contributed by atoms with Gasteiger partial charge in [-0.25, -0.2) is 0 Å². The lowest BCUT2D eigenvalue weighted by atomic mass is 9.94. The highest BCUT2D eigenvalue weighted by Gasteiger charge is 2.25. The SMILES string of the molecule is C=CCOc1cccc(C(=O)N2CCc3c(cnc(C)c3CNC(=O)/C=C/c3cccs3)C2)c1. The van der Waals surface area contributed by atoms with Crippen LogP contribution in [0, 0.1) is 6.92 Å². The third-order valence-corrected chi connectivity index (χ3v) is 6.55. The molecule has 174 valence electrons. The predicted octanol–water partition coefficient (Wildman–Crippen LogP) is 4.54. The minimum Gasteiger partial charge on any atom is -0.490 e. The van der Waals surface area contributed by atoms with E-state index in [1.807, 2.05) is 53.7 Å². The molecule has 0 aliphatic carbocycles. The normalized spacial score (nSPS) is 12.9. The smallest absolute Gasteiger partial charge is 0.254 e. The van der Waals surface area contributed by atoms with E-state index in [0.29, 0.717) is 44.0 Å². The molecule has 0 saturated heterocycles. The zero-order valence-corrected chi connectivity index (χ0v) is 19.9. The van der Waals surface area contributed by atoms with Crippen molar-refractivity contribution in [1.82, 2.24) is 15.2 Å². The highest BCUT2D eigenvalue weighted by atomic mass is 32.1. The second-order valence-corrected chi connectivity index (χ2v) is 8.98. The predicted molar refractivity (Wildman–Crippen MR) is 135 cm³/mol. The Bertz CT molecular complexity index is 1220. The molecule has 3 aromatic rings. The summed E-state index contributed by atoms with van der Waals surface area (Å²) < 4.78 is 5.57. The van der Waals surface area contributed by atoms with Crippen LogP contribution in [-0.2, 0) is 24.3 Å². The number of hydrogen-bond acceptors (Lipinski definition) is 5. The van der Waals surface area contributed by atoms with Gasteiger partial charge in [0.25, 0.3) is 5.91 Å². The van der Waals surface area contributed by atoms with Crippen LogP contribution in [0.2, 0.25) is 0 Å². The molecule has 1 aliphatic rings. The fourth-order valence-corrected chi connectivity index (χ4v) is 4.58. The summed E-state index contributed by atoms with van der Waals surface area (Å²) in [5.41, 5.74) is 4.70. The monoisotopic (exact) mass is 473 g/mol. The Kier molecular flexibility index (Phi) is 7.54. The number of nitrogens with one attached hydrogen (secondary N) is 1. The Morgan fingerprint density at radius 3 is 2.97 bits per heavy atom. The molecule has 2 amide bonds. The van der Waals surface area contributed by atoms with Gasteiger partial charge in [-0.2, -0.15) is 0 Å². The van der Waals surface area contributed by atoms with Crippen LogP contribution in [0.1, 0.15) is 37.6 Å². The number of thiophene rings is 1. The number of carbonyl (C=O) groups excluding carboxylic acids is 2. The van der Waals surface area contributed by atoms with E-state index in [9.17, 15) is 9.59 Å². The molecule has 4 rings (SSSR count). The molecule has 7 heteroatoms. The first kappa shape index (κ1) is 23.4. The van der Waals surface area contributed by atoms with Crippen molar-refractivity contribution < 1.29 is 14.3 Å². The van der Waals surface area contributed by atoms with Gasteiger partial charge in [0.2, 0.25) is 5.91 Å². The number of rotatable bonds is 8. The molecular weight excluding hydrogens is 446 g/mol. The molecule has 1 aliphatic heterocycles. The van der Waals surface area contributed by atoms with E-state index in [1.165, 1.54) is 5.56 Å². The second kappa shape index (κ2) is 10.9. The Labute approximate surface area is 203 Å². The molecular formula is C27H27N3O3S. The lowest BCUT2D eigenvalue weighted by Gasteiger charge is -2.30. The fraction of sp³-hybridized carbons (Fsp3) is 0.222. The zero-order valence-electron chi connectivity index (χ0n) is 19.1. The lowest BCUT2D eigenvalue weighted by Crippen LogP contribution is -2.37. The van der Waals surface area contributed by atoms with Gasteiger partial charge in [0, 0.05) is 48.0 Å². The molecule has 0 bridgehead atoms. The highest BCUT2D eigenvalue weighted by molar-refractivity contribution is 7.10. The Morgan fingerprint density at radius 1 is 1.29 bits per heavy atom. The van der Waals surface area contributed by atoms with Crippen molar-refractivity contribution in [2.45, 2.75) is 26.4 Å². The van der Waals surface area contributed by atoms with Crippen molar-refractivity contribution in [1.29, 1.82) is 0 Å². The molecule has 0 saturated carbocycles. The standard InChI is InChI=1S/C27H27N3O3S/c1-3-13-33-22-7-4-6-20(15-22)27(32)30-12-11-24-21(18-30)16-28-19(2)25(24)17-29-26(31)10-9-23-8-5-14-34-23/h3-10,14-16H,1,11-13,17-18H2,2H3,(H,29,31)/b10-9+. The summed E-state index contributed by atoms with van der Waals surface area (Å²) in [6, 6.07) is 11.1. The summed E-state index contributed by atoms with van der Waals surface area (Å²) in [4.78, 5) is 32.8. The minimum absolute atomic E-state index is 0.0381. The number of nitrogens with zero attached hydrogens (tertiary/aromatic N) is 2. The number of amides is 2. The van der Waals surface area contributed by atoms with Gasteiger partial charge in [-0.05, 0) is 65.8 Å². The molecule has 0 spiro atoms. The van der Waals surface area contributed by atoms with Crippen LogP contribution >= 0.6 is 11.3 Å². The van der Waals surface area contributed by atoms with Gasteiger partial charge in [0.05, 0.1) is 0 Å². The first-order valence-corrected chi connectivity index (χ1v) is 12.0. The third kappa shape index (κ3) is 5.61. The van der Waals surface area contributed by atoms with Gasteiger partial charge >= 0.3 is 0 Å². The van der Waals surface area contributed by atoms with Gasteiger partial charge in [-0.1, -0.05) is 24.8 Å². The molecule has 2 aromatic heterocycles. The van der Waals surface area contributed by atoms with Crippen molar-refractivity contribution in [2.24, 2.45) is 0 Å². The number of hydrogen-bond donors (Lipinski definition) is 1. The number of aryl methyl sites for hydroxylation is 1. The molecule has 0 atom stereocenters. The van der Waals surface area contributed by atoms with E-state index in [1.54, 1.807) is 35.6 Å². The summed E-state index contributed by atoms with van der Waals surface area (Å²) in [7, 11) is 0. The van der Waals surface area contributed by atoms with Gasteiger partial charge in [0.15, 0.2) is 0 Å². The van der Waals surface area contributed by atoms with E-state index in [0.717, 1.165) is 21.7 Å². The molecule has 34 heavy (non-hydrogen) atoms. The molecule has 1 N–H and O–H groups in total. The summed E-state index contributed by atoms with van der Waals surface area (Å²) in [5.74, 6) is 0.465. The summed E-state index contributed by atoms with van der Waals surface area (Å²) in [6.07, 6.45) is 7.60. The van der Waals surface area contributed by atoms with Gasteiger partial charge < -0.3 is 15.0 Å². The van der Waals surface area contributed by atoms with Crippen molar-refractivity contribution in [3.05, 3.63) is 99.5 Å². The average Bonchev–Trinajstić information content (AvgIpc) is 3.39. The highest BCUT2D eigenvalue weighted by Crippen LogP contribution is 2.26. The second-order valence-electron chi connectivity index (χ2n) is 8.00. The van der Waals surface area contributed by atoms with Gasteiger partial charge in [-0.15, -0.1) is 11.3 Å². The van der Waals surface area contributed by atoms with Crippen molar-refractivity contribution in [2.75, 3.05) is 13.2 Å². The maximum atomic E-state index is 13.1. The summed E-state index contributed by atoms with van der Waals surface area (Å²) >= 11 is 1.59. The molecule has 0 radical (unpaired) electrons. The maximum Gasteiger partial charge on any atom is 0.254 e. The Morgan fingerprint density at radius 2 is 2.18 bits per heavy atom. The van der Waals surface area contributed by atoms with Crippen molar-refractivity contribution in [3.63, 3.8) is 0 Å². The molecule has 3 heterocycles. The lowest BCUT2D eigenvalue weighted by molar-refractivity contribution is -0.116. The summed E-state index contributed by atoms with van der Waals surface area (Å²) in [5, 5.41) is 4.95. The van der Waals surface area contributed by atoms with Crippen LogP contribution in [0.3, 0.4) is 0 Å². The maximum absolute atomic E-state index is 13.1. The van der Waals surface area contributed by atoms with E-state index in [-0.39, 0.29) is 11.8 Å². The minimum atomic E-state index is -0.142. The zero-order chi connectivity index (χ0) is 23.9. The number of ether oxygens (including phenoxy) is 1. The Hall–Kier alpha value is -3.71. The summed E-state index contributed by atoms with van der Waals surface area (Å²) in [6.45, 7) is 7.49. The molecule has 1 aromatic carbocycles. The quantitative estimate of drug-likeness (QED) is 0.385. The van der Waals surface area contributed by atoms with Crippen LogP contribution in [-0.4, -0.2) is 34.8 Å². The number of benzene rings is 1. The number of fused-ring (bicyclic) bond motifs is 1. The van der Waals surface area contributed by atoms with Gasteiger partial charge in [-0.3, -0.25) is 14.6 Å². The molecule has 0 fully saturated rings. The van der Waals surface area contributed by atoms with E-state index < -0.39 is 0 Å². The fourth-order valence-electron chi connectivity index (χ4n) is 3.96. The van der Waals surface area contributed by atoms with E-state index in [2.05, 4.69) is 16.9 Å². The van der Waals surface area contributed by atoms with Crippen molar-refractivity contribution >= 4 is 29.2 Å². The number of aromatic nitrogens is 1. The first-order valence-electron chi connectivity index (χ1n) is 11.1. The largest absolute Gasteiger partial charge is 0.490 e. The van der Waals surface area contributed by atoms with E-state index in [4.69, 9.17) is 4.74 Å².